The van der Waals surface area contributed by atoms with Crippen molar-refractivity contribution in [2.24, 2.45) is 0 Å². The zero-order chi connectivity index (χ0) is 26.5. The summed E-state index contributed by atoms with van der Waals surface area (Å²) in [5, 5.41) is 4.44. The lowest BCUT2D eigenvalue weighted by molar-refractivity contribution is -0.157. The topological polar surface area (TPSA) is 122 Å². The summed E-state index contributed by atoms with van der Waals surface area (Å²) >= 11 is 7.21. The summed E-state index contributed by atoms with van der Waals surface area (Å²) in [4.78, 5) is 31.4. The molecule has 2 aliphatic heterocycles. The van der Waals surface area contributed by atoms with Crippen molar-refractivity contribution in [3.05, 3.63) is 46.6 Å². The number of oxazole rings is 1. The summed E-state index contributed by atoms with van der Waals surface area (Å²) in [5.74, 6) is -0.339. The van der Waals surface area contributed by atoms with Crippen LogP contribution in [0.3, 0.4) is 0 Å². The molecule has 13 heteroatoms. The van der Waals surface area contributed by atoms with Crippen LogP contribution in [0.4, 0.5) is 0 Å². The Morgan fingerprint density at radius 1 is 1.19 bits per heavy atom. The molecule has 3 aromatic rings. The number of halogens is 1. The van der Waals surface area contributed by atoms with E-state index in [1.165, 1.54) is 20.5 Å². The Morgan fingerprint density at radius 2 is 1.92 bits per heavy atom. The quantitative estimate of drug-likeness (QED) is 0.478. The number of carbonyl (C=O) groups excluding carboxylic acids is 2. The molecule has 1 amide bonds. The molecule has 37 heavy (non-hydrogen) atoms. The van der Waals surface area contributed by atoms with Crippen LogP contribution >= 0.6 is 22.9 Å². The van der Waals surface area contributed by atoms with E-state index in [9.17, 15) is 18.0 Å². The van der Waals surface area contributed by atoms with Crippen molar-refractivity contribution in [1.82, 2.24) is 19.5 Å². The first-order chi connectivity index (χ1) is 17.4. The predicted octanol–water partition coefficient (Wildman–Crippen LogP) is 3.05. The van der Waals surface area contributed by atoms with Gasteiger partial charge in [0.25, 0.3) is 15.9 Å². The van der Waals surface area contributed by atoms with E-state index in [1.807, 2.05) is 0 Å². The molecule has 1 N–H and O–H groups in total. The zero-order valence-corrected chi connectivity index (χ0v) is 23.0. The van der Waals surface area contributed by atoms with Crippen LogP contribution in [0, 0.1) is 0 Å². The highest BCUT2D eigenvalue weighted by Crippen LogP contribution is 2.33. The lowest BCUT2D eigenvalue weighted by Crippen LogP contribution is -2.50. The predicted molar refractivity (Wildman–Crippen MR) is 138 cm³/mol. The van der Waals surface area contributed by atoms with Gasteiger partial charge in [-0.15, -0.1) is 11.3 Å². The van der Waals surface area contributed by atoms with Crippen LogP contribution in [0.15, 0.2) is 32.9 Å². The van der Waals surface area contributed by atoms with E-state index in [4.69, 9.17) is 20.8 Å². The second-order valence-electron chi connectivity index (χ2n) is 10.0. The SMILES string of the molecule is CC(C)(C)OC(=O)C1Cc2nc(C(=O)N3CCN(S(=O)(=O)c4cc5ccc(Cl)cc5s4)CC3)oc2CN1. The number of piperazine rings is 1. The van der Waals surface area contributed by atoms with Gasteiger partial charge in [0.05, 0.1) is 12.2 Å². The molecule has 1 fully saturated rings. The van der Waals surface area contributed by atoms with Crippen molar-refractivity contribution in [2.75, 3.05) is 26.2 Å². The highest BCUT2D eigenvalue weighted by Gasteiger charge is 2.35. The molecule has 0 aliphatic carbocycles. The molecule has 0 radical (unpaired) electrons. The maximum absolute atomic E-state index is 13.2. The Balaban J connectivity index is 1.23. The molecular formula is C24H27ClN4O6S2. The van der Waals surface area contributed by atoms with Gasteiger partial charge in [-0.2, -0.15) is 4.31 Å². The molecule has 198 valence electrons. The highest BCUT2D eigenvalue weighted by molar-refractivity contribution is 7.91. The van der Waals surface area contributed by atoms with E-state index in [1.54, 1.807) is 45.0 Å². The first-order valence-corrected chi connectivity index (χ1v) is 14.5. The minimum Gasteiger partial charge on any atom is -0.459 e. The molecule has 0 saturated carbocycles. The van der Waals surface area contributed by atoms with Crippen LogP contribution in [0.2, 0.25) is 5.02 Å². The Bertz CT molecular complexity index is 1470. The number of nitrogens with one attached hydrogen (secondary N) is 1. The average molecular weight is 567 g/mol. The van der Waals surface area contributed by atoms with Gasteiger partial charge >= 0.3 is 11.9 Å². The standard InChI is InChI=1S/C24H27ClN4O6S2/c1-24(2,3)35-23(31)17-12-16-18(13-26-17)34-21(27-16)22(30)28-6-8-29(9-7-28)37(32,33)20-10-14-4-5-15(25)11-19(14)36-20/h4-5,10-11,17,26H,6-9,12-13H2,1-3H3. The Hall–Kier alpha value is -2.51. The van der Waals surface area contributed by atoms with Crippen LogP contribution in [0.1, 0.15) is 42.9 Å². The van der Waals surface area contributed by atoms with Gasteiger partial charge in [0.15, 0.2) is 0 Å². The summed E-state index contributed by atoms with van der Waals surface area (Å²) in [6, 6.07) is 6.35. The average Bonchev–Trinajstić information content (AvgIpc) is 3.46. The summed E-state index contributed by atoms with van der Waals surface area (Å²) in [7, 11) is -3.70. The summed E-state index contributed by atoms with van der Waals surface area (Å²) in [6.45, 7) is 6.39. The second kappa shape index (κ2) is 9.66. The smallest absolute Gasteiger partial charge is 0.324 e. The molecule has 2 aliphatic rings. The van der Waals surface area contributed by atoms with Crippen LogP contribution in [0.25, 0.3) is 10.1 Å². The maximum atomic E-state index is 13.2. The van der Waals surface area contributed by atoms with Gasteiger partial charge in [-0.05, 0) is 44.4 Å². The Kier molecular flexibility index (Phi) is 6.82. The molecule has 2 aromatic heterocycles. The number of aromatic nitrogens is 1. The van der Waals surface area contributed by atoms with E-state index in [-0.39, 0.29) is 55.2 Å². The fraction of sp³-hybridized carbons (Fsp3) is 0.458. The maximum Gasteiger partial charge on any atom is 0.324 e. The van der Waals surface area contributed by atoms with Gasteiger partial charge in [-0.1, -0.05) is 17.7 Å². The third-order valence-electron chi connectivity index (χ3n) is 6.14. The molecular weight excluding hydrogens is 540 g/mol. The van der Waals surface area contributed by atoms with E-state index in [0.717, 1.165) is 10.1 Å². The zero-order valence-electron chi connectivity index (χ0n) is 20.6. The van der Waals surface area contributed by atoms with E-state index >= 15 is 0 Å². The fourth-order valence-electron chi connectivity index (χ4n) is 4.30. The fourth-order valence-corrected chi connectivity index (χ4v) is 7.55. The first-order valence-electron chi connectivity index (χ1n) is 11.8. The lowest BCUT2D eigenvalue weighted by Gasteiger charge is -2.32. The molecule has 10 nitrogen and oxygen atoms in total. The number of benzene rings is 1. The van der Waals surface area contributed by atoms with Crippen molar-refractivity contribution >= 4 is 54.9 Å². The van der Waals surface area contributed by atoms with Crippen LogP contribution in [-0.2, 0) is 32.5 Å². The Morgan fingerprint density at radius 3 is 2.62 bits per heavy atom. The van der Waals surface area contributed by atoms with Gasteiger partial charge in [-0.3, -0.25) is 14.9 Å². The van der Waals surface area contributed by atoms with Crippen LogP contribution in [0.5, 0.6) is 0 Å². The van der Waals surface area contributed by atoms with Crippen molar-refractivity contribution < 1.29 is 27.2 Å². The number of rotatable bonds is 4. The van der Waals surface area contributed by atoms with Crippen molar-refractivity contribution in [2.45, 2.75) is 49.6 Å². The Labute approximate surface area is 223 Å². The molecule has 5 rings (SSSR count). The number of esters is 1. The van der Waals surface area contributed by atoms with E-state index in [2.05, 4.69) is 10.3 Å². The van der Waals surface area contributed by atoms with E-state index < -0.39 is 27.6 Å². The second-order valence-corrected chi connectivity index (χ2v) is 13.7. The number of thiophene rings is 1. The lowest BCUT2D eigenvalue weighted by atomic mass is 10.1. The van der Waals surface area contributed by atoms with Crippen LogP contribution < -0.4 is 5.32 Å². The van der Waals surface area contributed by atoms with Gasteiger partial charge in [0.2, 0.25) is 0 Å². The monoisotopic (exact) mass is 566 g/mol. The summed E-state index contributed by atoms with van der Waals surface area (Å²) in [5.41, 5.74) is -0.0614. The summed E-state index contributed by atoms with van der Waals surface area (Å²) < 4.78 is 40.0. The largest absolute Gasteiger partial charge is 0.459 e. The summed E-state index contributed by atoms with van der Waals surface area (Å²) in [6.07, 6.45) is 0.257. The van der Waals surface area contributed by atoms with Gasteiger partial charge in [-0.25, -0.2) is 13.4 Å². The third-order valence-corrected chi connectivity index (χ3v) is 9.82. The molecule has 4 heterocycles. The van der Waals surface area contributed by atoms with E-state index in [0.29, 0.717) is 16.5 Å². The molecule has 0 bridgehead atoms. The van der Waals surface area contributed by atoms with Crippen molar-refractivity contribution in [3.63, 3.8) is 0 Å². The molecule has 1 unspecified atom stereocenters. The number of nitrogens with zero attached hydrogens (tertiary/aromatic N) is 3. The number of amides is 1. The van der Waals surface area contributed by atoms with Crippen molar-refractivity contribution in [1.29, 1.82) is 0 Å². The van der Waals surface area contributed by atoms with Gasteiger partial charge in [0, 0.05) is 42.3 Å². The number of ether oxygens (including phenoxy) is 1. The normalized spacial score (nSPS) is 19.1. The number of carbonyl (C=O) groups is 2. The molecule has 0 spiro atoms. The minimum absolute atomic E-state index is 0.0608. The number of hydrogen-bond acceptors (Lipinski definition) is 9. The number of hydrogen-bond donors (Lipinski definition) is 1. The van der Waals surface area contributed by atoms with Gasteiger partial charge < -0.3 is 14.1 Å². The molecule has 1 atom stereocenters. The van der Waals surface area contributed by atoms with Gasteiger partial charge in [0.1, 0.15) is 21.6 Å². The number of fused-ring (bicyclic) bond motifs is 2. The number of sulfonamides is 1. The molecule has 1 saturated heterocycles. The minimum atomic E-state index is -3.70. The third kappa shape index (κ3) is 5.39. The van der Waals surface area contributed by atoms with Crippen LogP contribution in [-0.4, -0.2) is 72.3 Å². The highest BCUT2D eigenvalue weighted by atomic mass is 35.5. The van der Waals surface area contributed by atoms with Crippen molar-refractivity contribution in [3.8, 4) is 0 Å². The molecule has 1 aromatic carbocycles. The first kappa shape index (κ1) is 26.1.